The Hall–Kier alpha value is -2.73. The number of rotatable bonds is 3. The summed E-state index contributed by atoms with van der Waals surface area (Å²) in [6.07, 6.45) is 1.55. The lowest BCUT2D eigenvalue weighted by atomic mass is 10.2. The van der Waals surface area contributed by atoms with E-state index in [0.29, 0.717) is 29.1 Å². The second kappa shape index (κ2) is 6.29. The smallest absolute Gasteiger partial charge is 0.261 e. The van der Waals surface area contributed by atoms with Crippen LogP contribution in [0.2, 0.25) is 0 Å². The van der Waals surface area contributed by atoms with Crippen LogP contribution < -0.4 is 5.56 Å². The quantitative estimate of drug-likeness (QED) is 0.522. The molecule has 0 N–H and O–H groups in total. The van der Waals surface area contributed by atoms with E-state index >= 15 is 0 Å². The summed E-state index contributed by atoms with van der Waals surface area (Å²) in [5, 5.41) is 0.571. The van der Waals surface area contributed by atoms with Gasteiger partial charge in [-0.3, -0.25) is 9.36 Å². The normalized spacial score (nSPS) is 11.1. The first kappa shape index (κ1) is 15.8. The number of aryl methyl sites for hydroxylation is 1. The number of oxazole rings is 1. The zero-order valence-corrected chi connectivity index (χ0v) is 15.0. The van der Waals surface area contributed by atoms with Gasteiger partial charge in [0.25, 0.3) is 5.56 Å². The highest BCUT2D eigenvalue weighted by Crippen LogP contribution is 2.22. The first-order chi connectivity index (χ1) is 12.1. The second-order valence-corrected chi connectivity index (χ2v) is 6.64. The third kappa shape index (κ3) is 3.00. The van der Waals surface area contributed by atoms with Crippen molar-refractivity contribution in [3.63, 3.8) is 0 Å². The molecule has 4 aromatic rings. The molecule has 0 amide bonds. The lowest BCUT2D eigenvalue weighted by Gasteiger charge is -2.05. The van der Waals surface area contributed by atoms with Crippen molar-refractivity contribution < 1.29 is 4.42 Å². The molecule has 0 fully saturated rings. The summed E-state index contributed by atoms with van der Waals surface area (Å²) in [4.78, 5) is 21.6. The second-order valence-electron chi connectivity index (χ2n) is 5.73. The van der Waals surface area contributed by atoms with Gasteiger partial charge >= 0.3 is 0 Å². The molecule has 0 bridgehead atoms. The molecule has 0 radical (unpaired) electrons. The Morgan fingerprint density at radius 3 is 2.76 bits per heavy atom. The highest BCUT2D eigenvalue weighted by molar-refractivity contribution is 9.10. The van der Waals surface area contributed by atoms with E-state index in [4.69, 9.17) is 4.42 Å². The van der Waals surface area contributed by atoms with Gasteiger partial charge in [-0.05, 0) is 37.3 Å². The van der Waals surface area contributed by atoms with Gasteiger partial charge in [0.2, 0.25) is 5.89 Å². The SMILES string of the molecule is Cc1oc(-c2ccccc2)nc1Cn1cnc2ccc(Br)cc2c1=O. The van der Waals surface area contributed by atoms with E-state index in [9.17, 15) is 4.79 Å². The molecule has 6 heteroatoms. The summed E-state index contributed by atoms with van der Waals surface area (Å²) in [5.74, 6) is 1.25. The van der Waals surface area contributed by atoms with E-state index in [1.807, 2.05) is 49.4 Å². The largest absolute Gasteiger partial charge is 0.441 e. The molecule has 2 aromatic heterocycles. The monoisotopic (exact) mass is 395 g/mol. The van der Waals surface area contributed by atoms with Crippen LogP contribution in [-0.4, -0.2) is 14.5 Å². The van der Waals surface area contributed by atoms with E-state index in [0.717, 1.165) is 15.7 Å². The van der Waals surface area contributed by atoms with Crippen molar-refractivity contribution in [2.45, 2.75) is 13.5 Å². The van der Waals surface area contributed by atoms with Gasteiger partial charge in [0, 0.05) is 10.0 Å². The lowest BCUT2D eigenvalue weighted by Crippen LogP contribution is -2.21. The molecular weight excluding hydrogens is 382 g/mol. The van der Waals surface area contributed by atoms with Crippen LogP contribution in [0.4, 0.5) is 0 Å². The molecule has 25 heavy (non-hydrogen) atoms. The Balaban J connectivity index is 1.74. The standard InChI is InChI=1S/C19H14BrN3O2/c1-12-17(22-18(25-12)13-5-3-2-4-6-13)10-23-11-21-16-8-7-14(20)9-15(16)19(23)24/h2-9,11H,10H2,1H3. The van der Waals surface area contributed by atoms with Gasteiger partial charge in [-0.1, -0.05) is 34.1 Å². The highest BCUT2D eigenvalue weighted by atomic mass is 79.9. The van der Waals surface area contributed by atoms with Crippen LogP contribution in [0.15, 0.2) is 68.5 Å². The summed E-state index contributed by atoms with van der Waals surface area (Å²) in [5.41, 5.74) is 2.20. The van der Waals surface area contributed by atoms with Crippen LogP contribution in [0, 0.1) is 6.92 Å². The fourth-order valence-electron chi connectivity index (χ4n) is 2.68. The number of fused-ring (bicyclic) bond motifs is 1. The zero-order chi connectivity index (χ0) is 17.4. The van der Waals surface area contributed by atoms with E-state index in [2.05, 4.69) is 25.9 Å². The molecule has 0 saturated heterocycles. The van der Waals surface area contributed by atoms with E-state index < -0.39 is 0 Å². The summed E-state index contributed by atoms with van der Waals surface area (Å²) < 4.78 is 8.16. The highest BCUT2D eigenvalue weighted by Gasteiger charge is 2.13. The van der Waals surface area contributed by atoms with Crippen LogP contribution in [-0.2, 0) is 6.54 Å². The molecule has 2 heterocycles. The van der Waals surface area contributed by atoms with Gasteiger partial charge in [0.1, 0.15) is 11.5 Å². The summed E-state index contributed by atoms with van der Waals surface area (Å²) in [6, 6.07) is 15.2. The fourth-order valence-corrected chi connectivity index (χ4v) is 3.05. The average molecular weight is 396 g/mol. The molecule has 0 spiro atoms. The van der Waals surface area contributed by atoms with Crippen LogP contribution in [0.25, 0.3) is 22.4 Å². The molecule has 0 unspecified atom stereocenters. The number of hydrogen-bond acceptors (Lipinski definition) is 4. The van der Waals surface area contributed by atoms with E-state index in [-0.39, 0.29) is 5.56 Å². The number of benzene rings is 2. The molecule has 124 valence electrons. The first-order valence-electron chi connectivity index (χ1n) is 7.78. The van der Waals surface area contributed by atoms with Gasteiger partial charge < -0.3 is 4.42 Å². The maximum absolute atomic E-state index is 12.7. The van der Waals surface area contributed by atoms with Gasteiger partial charge in [-0.15, -0.1) is 0 Å². The number of halogens is 1. The van der Waals surface area contributed by atoms with Crippen LogP contribution in [0.3, 0.4) is 0 Å². The van der Waals surface area contributed by atoms with Crippen molar-refractivity contribution in [2.24, 2.45) is 0 Å². The van der Waals surface area contributed by atoms with Gasteiger partial charge in [-0.25, -0.2) is 9.97 Å². The minimum atomic E-state index is -0.102. The average Bonchev–Trinajstić information content (AvgIpc) is 2.99. The van der Waals surface area contributed by atoms with E-state index in [1.54, 1.807) is 17.0 Å². The molecule has 5 nitrogen and oxygen atoms in total. The maximum atomic E-state index is 12.7. The van der Waals surface area contributed by atoms with E-state index in [1.165, 1.54) is 0 Å². The summed E-state index contributed by atoms with van der Waals surface area (Å²) in [7, 11) is 0. The Morgan fingerprint density at radius 1 is 1.16 bits per heavy atom. The molecule has 0 aliphatic rings. The molecule has 4 rings (SSSR count). The molecule has 2 aromatic carbocycles. The molecule has 0 aliphatic carbocycles. The molecule has 0 aliphatic heterocycles. The van der Waals surface area contributed by atoms with Gasteiger partial charge in [-0.2, -0.15) is 0 Å². The third-order valence-electron chi connectivity index (χ3n) is 4.02. The van der Waals surface area contributed by atoms with Crippen LogP contribution in [0.5, 0.6) is 0 Å². The molecular formula is C19H14BrN3O2. The van der Waals surface area contributed by atoms with Crippen LogP contribution >= 0.6 is 15.9 Å². The lowest BCUT2D eigenvalue weighted by molar-refractivity contribution is 0.537. The minimum Gasteiger partial charge on any atom is -0.441 e. The number of nitrogens with zero attached hydrogens (tertiary/aromatic N) is 3. The Morgan fingerprint density at radius 2 is 1.96 bits per heavy atom. The van der Waals surface area contributed by atoms with Crippen molar-refractivity contribution in [3.05, 3.63) is 81.1 Å². The number of aromatic nitrogens is 3. The van der Waals surface area contributed by atoms with Crippen molar-refractivity contribution in [3.8, 4) is 11.5 Å². The Labute approximate surface area is 152 Å². The molecule has 0 atom stereocenters. The van der Waals surface area contributed by atoms with Crippen molar-refractivity contribution in [1.82, 2.24) is 14.5 Å². The number of hydrogen-bond donors (Lipinski definition) is 0. The predicted octanol–water partition coefficient (Wildman–Crippen LogP) is 4.17. The summed E-state index contributed by atoms with van der Waals surface area (Å²) >= 11 is 3.40. The summed E-state index contributed by atoms with van der Waals surface area (Å²) in [6.45, 7) is 2.17. The van der Waals surface area contributed by atoms with Gasteiger partial charge in [0.05, 0.1) is 23.8 Å². The van der Waals surface area contributed by atoms with Crippen molar-refractivity contribution in [2.75, 3.05) is 0 Å². The fraction of sp³-hybridized carbons (Fsp3) is 0.105. The topological polar surface area (TPSA) is 60.9 Å². The Bertz CT molecular complexity index is 1120. The van der Waals surface area contributed by atoms with Gasteiger partial charge in [0.15, 0.2) is 0 Å². The maximum Gasteiger partial charge on any atom is 0.261 e. The third-order valence-corrected chi connectivity index (χ3v) is 4.51. The Kier molecular flexibility index (Phi) is 3.97. The van der Waals surface area contributed by atoms with Crippen molar-refractivity contribution >= 4 is 26.8 Å². The zero-order valence-electron chi connectivity index (χ0n) is 13.4. The minimum absolute atomic E-state index is 0.102. The van der Waals surface area contributed by atoms with Crippen LogP contribution in [0.1, 0.15) is 11.5 Å². The predicted molar refractivity (Wildman–Crippen MR) is 99.5 cm³/mol. The molecule has 0 saturated carbocycles. The van der Waals surface area contributed by atoms with Crippen molar-refractivity contribution in [1.29, 1.82) is 0 Å². The first-order valence-corrected chi connectivity index (χ1v) is 8.57.